The minimum Gasteiger partial charge on any atom is -0.287 e. The summed E-state index contributed by atoms with van der Waals surface area (Å²) < 4.78 is 0. The van der Waals surface area contributed by atoms with Crippen LogP contribution in [-0.4, -0.2) is 21.4 Å². The Morgan fingerprint density at radius 3 is 2.21 bits per heavy atom. The van der Waals surface area contributed by atoms with Gasteiger partial charge in [-0.15, -0.1) is 11.8 Å². The molecule has 0 saturated carbocycles. The third kappa shape index (κ3) is 3.41. The normalized spacial score (nSPS) is 32.8. The molecule has 1 nitrogen and oxygen atoms in total. The molecule has 2 heterocycles. The molecule has 1 fully saturated rings. The fraction of sp³-hybridized carbons (Fsp3) is 0.812. The van der Waals surface area contributed by atoms with Crippen LogP contribution in [0.15, 0.2) is 11.6 Å². The molecule has 2 rings (SSSR count). The van der Waals surface area contributed by atoms with E-state index in [1.54, 1.807) is 11.8 Å². The molecular formula is C16H26OS2. The second-order valence-corrected chi connectivity index (χ2v) is 10.3. The molecule has 0 amide bonds. The van der Waals surface area contributed by atoms with Gasteiger partial charge in [-0.05, 0) is 10.8 Å². The van der Waals surface area contributed by atoms with Gasteiger partial charge in [-0.2, -0.15) is 0 Å². The third-order valence-corrected chi connectivity index (χ3v) is 7.41. The lowest BCUT2D eigenvalue weighted by atomic mass is 9.79. The van der Waals surface area contributed by atoms with Crippen LogP contribution in [0.25, 0.3) is 0 Å². The van der Waals surface area contributed by atoms with Crippen molar-refractivity contribution < 1.29 is 4.79 Å². The van der Waals surface area contributed by atoms with Crippen LogP contribution in [-0.2, 0) is 4.79 Å². The predicted molar refractivity (Wildman–Crippen MR) is 87.7 cm³/mol. The number of carbonyl (C=O) groups excluding carboxylic acids is 1. The SMILES string of the molecule is CC(C)(C)[C@H]1C=C([C@@H]2CC(=O)S[C@@H]2C(C)(C)C)CS1. The van der Waals surface area contributed by atoms with Crippen LogP contribution in [0.2, 0.25) is 0 Å². The summed E-state index contributed by atoms with van der Waals surface area (Å²) >= 11 is 3.63. The van der Waals surface area contributed by atoms with E-state index in [9.17, 15) is 4.79 Å². The quantitative estimate of drug-likeness (QED) is 0.649. The topological polar surface area (TPSA) is 17.1 Å². The van der Waals surface area contributed by atoms with Gasteiger partial charge in [0.25, 0.3) is 0 Å². The highest BCUT2D eigenvalue weighted by Crippen LogP contribution is 2.50. The molecule has 3 atom stereocenters. The van der Waals surface area contributed by atoms with Gasteiger partial charge in [-0.3, -0.25) is 4.79 Å². The Balaban J connectivity index is 2.20. The summed E-state index contributed by atoms with van der Waals surface area (Å²) in [6.07, 6.45) is 3.21. The van der Waals surface area contributed by atoms with E-state index in [4.69, 9.17) is 0 Å². The molecule has 0 aromatic rings. The van der Waals surface area contributed by atoms with Gasteiger partial charge in [0, 0.05) is 28.6 Å². The first kappa shape index (κ1) is 15.5. The number of hydrogen-bond acceptors (Lipinski definition) is 3. The highest BCUT2D eigenvalue weighted by atomic mass is 32.2. The average molecular weight is 299 g/mol. The summed E-state index contributed by atoms with van der Waals surface area (Å²) in [7, 11) is 0. The molecule has 0 aromatic carbocycles. The first-order valence-electron chi connectivity index (χ1n) is 7.11. The number of carbonyl (C=O) groups is 1. The second kappa shape index (κ2) is 5.14. The molecule has 3 heteroatoms. The van der Waals surface area contributed by atoms with Crippen LogP contribution in [0.5, 0.6) is 0 Å². The Hall–Kier alpha value is 0.110. The molecule has 0 aliphatic carbocycles. The first-order valence-corrected chi connectivity index (χ1v) is 9.03. The number of thioether (sulfide) groups is 2. The van der Waals surface area contributed by atoms with Crippen LogP contribution >= 0.6 is 23.5 Å². The first-order chi connectivity index (χ1) is 8.59. The van der Waals surface area contributed by atoms with Gasteiger partial charge in [-0.25, -0.2) is 0 Å². The van der Waals surface area contributed by atoms with Crippen molar-refractivity contribution in [3.05, 3.63) is 11.6 Å². The predicted octanol–water partition coefficient (Wildman–Crippen LogP) is 4.77. The summed E-state index contributed by atoms with van der Waals surface area (Å²) in [4.78, 5) is 11.9. The smallest absolute Gasteiger partial charge is 0.189 e. The highest BCUT2D eigenvalue weighted by Gasteiger charge is 2.44. The maximum Gasteiger partial charge on any atom is 0.189 e. The standard InChI is InChI=1S/C16H26OS2/c1-15(2,3)12-7-10(9-18-12)11-8-13(17)19-14(11)16(4,5)6/h7,11-12,14H,8-9H2,1-6H3/t11-,12+,14-/m0/s1. The van der Waals surface area contributed by atoms with Gasteiger partial charge < -0.3 is 0 Å². The van der Waals surface area contributed by atoms with Crippen molar-refractivity contribution in [2.24, 2.45) is 16.7 Å². The zero-order chi connectivity index (χ0) is 14.4. The molecule has 108 valence electrons. The van der Waals surface area contributed by atoms with Crippen molar-refractivity contribution >= 4 is 28.6 Å². The molecule has 2 aliphatic rings. The summed E-state index contributed by atoms with van der Waals surface area (Å²) in [6, 6.07) is 0. The largest absolute Gasteiger partial charge is 0.287 e. The lowest BCUT2D eigenvalue weighted by Gasteiger charge is -2.31. The molecule has 0 spiro atoms. The van der Waals surface area contributed by atoms with Crippen LogP contribution in [0.1, 0.15) is 48.0 Å². The lowest BCUT2D eigenvalue weighted by molar-refractivity contribution is -0.110. The monoisotopic (exact) mass is 298 g/mol. The maximum absolute atomic E-state index is 11.9. The molecule has 0 aromatic heterocycles. The molecule has 1 saturated heterocycles. The minimum absolute atomic E-state index is 0.201. The van der Waals surface area contributed by atoms with Crippen molar-refractivity contribution in [3.8, 4) is 0 Å². The molecule has 2 aliphatic heterocycles. The molecule has 0 bridgehead atoms. The highest BCUT2D eigenvalue weighted by molar-refractivity contribution is 8.14. The van der Waals surface area contributed by atoms with Crippen molar-refractivity contribution in [2.45, 2.75) is 58.5 Å². The summed E-state index contributed by atoms with van der Waals surface area (Å²) in [6.45, 7) is 13.7. The van der Waals surface area contributed by atoms with E-state index in [2.05, 4.69) is 47.6 Å². The molecule has 0 N–H and O–H groups in total. The molecule has 19 heavy (non-hydrogen) atoms. The molecule has 0 radical (unpaired) electrons. The van der Waals surface area contributed by atoms with Gasteiger partial charge >= 0.3 is 0 Å². The summed E-state index contributed by atoms with van der Waals surface area (Å²) in [5, 5.41) is 1.43. The average Bonchev–Trinajstić information content (AvgIpc) is 2.79. The van der Waals surface area contributed by atoms with E-state index < -0.39 is 0 Å². The minimum atomic E-state index is 0.201. The Labute approximate surface area is 126 Å². The lowest BCUT2D eigenvalue weighted by Crippen LogP contribution is -2.29. The Morgan fingerprint density at radius 1 is 1.11 bits per heavy atom. The van der Waals surface area contributed by atoms with Crippen molar-refractivity contribution in [2.75, 3.05) is 5.75 Å². The van der Waals surface area contributed by atoms with Gasteiger partial charge in [0.2, 0.25) is 0 Å². The van der Waals surface area contributed by atoms with Gasteiger partial charge in [-0.1, -0.05) is 65.0 Å². The third-order valence-electron chi connectivity index (χ3n) is 3.99. The Kier molecular flexibility index (Phi) is 4.19. The van der Waals surface area contributed by atoms with E-state index in [1.165, 1.54) is 5.57 Å². The fourth-order valence-electron chi connectivity index (χ4n) is 2.87. The second-order valence-electron chi connectivity index (χ2n) is 7.93. The van der Waals surface area contributed by atoms with E-state index in [-0.39, 0.29) is 5.41 Å². The van der Waals surface area contributed by atoms with E-state index in [0.717, 1.165) is 12.2 Å². The van der Waals surface area contributed by atoms with Crippen molar-refractivity contribution in [1.29, 1.82) is 0 Å². The van der Waals surface area contributed by atoms with E-state index in [1.807, 2.05) is 11.8 Å². The summed E-state index contributed by atoms with van der Waals surface area (Å²) in [5.41, 5.74) is 2.05. The summed E-state index contributed by atoms with van der Waals surface area (Å²) in [5.74, 6) is 1.59. The fourth-order valence-corrected chi connectivity index (χ4v) is 5.67. The van der Waals surface area contributed by atoms with Crippen molar-refractivity contribution in [3.63, 3.8) is 0 Å². The van der Waals surface area contributed by atoms with E-state index in [0.29, 0.717) is 26.9 Å². The van der Waals surface area contributed by atoms with Crippen LogP contribution < -0.4 is 0 Å². The van der Waals surface area contributed by atoms with Crippen LogP contribution in [0.4, 0.5) is 0 Å². The van der Waals surface area contributed by atoms with Gasteiger partial charge in [0.05, 0.1) is 0 Å². The number of hydrogen-bond donors (Lipinski definition) is 0. The van der Waals surface area contributed by atoms with Gasteiger partial charge in [0.1, 0.15) is 0 Å². The van der Waals surface area contributed by atoms with Gasteiger partial charge in [0.15, 0.2) is 5.12 Å². The maximum atomic E-state index is 11.9. The number of rotatable bonds is 1. The zero-order valence-corrected chi connectivity index (χ0v) is 14.6. The Morgan fingerprint density at radius 2 is 1.74 bits per heavy atom. The van der Waals surface area contributed by atoms with Crippen LogP contribution in [0.3, 0.4) is 0 Å². The Bertz CT molecular complexity index is 398. The molecule has 0 unspecified atom stereocenters. The van der Waals surface area contributed by atoms with E-state index >= 15 is 0 Å². The van der Waals surface area contributed by atoms with Crippen LogP contribution in [0, 0.1) is 16.7 Å². The zero-order valence-electron chi connectivity index (χ0n) is 12.9. The molecular weight excluding hydrogens is 272 g/mol. The van der Waals surface area contributed by atoms with Crippen molar-refractivity contribution in [1.82, 2.24) is 0 Å².